The van der Waals surface area contributed by atoms with Crippen molar-refractivity contribution in [3.8, 4) is 34.4 Å². The number of ether oxygens (including phenoxy) is 3. The number of hydrogen-bond donors (Lipinski definition) is 0. The normalized spacial score (nSPS) is 12.8. The van der Waals surface area contributed by atoms with E-state index < -0.39 is 0 Å². The first kappa shape index (κ1) is 25.9. The van der Waals surface area contributed by atoms with Crippen LogP contribution in [0.5, 0.6) is 17.2 Å². The number of aromatic nitrogens is 1. The summed E-state index contributed by atoms with van der Waals surface area (Å²) in [6.45, 7) is 0.801. The van der Waals surface area contributed by atoms with Crippen molar-refractivity contribution in [1.29, 1.82) is 5.26 Å². The molecule has 40 heavy (non-hydrogen) atoms. The fourth-order valence-corrected chi connectivity index (χ4v) is 5.46. The Morgan fingerprint density at radius 2 is 1.65 bits per heavy atom. The molecule has 0 amide bonds. The number of hydrogen-bond acceptors (Lipinski definition) is 4. The molecule has 0 saturated heterocycles. The summed E-state index contributed by atoms with van der Waals surface area (Å²) in [6, 6.07) is 33.0. The Morgan fingerprint density at radius 3 is 2.42 bits per heavy atom. The third kappa shape index (κ3) is 5.50. The lowest BCUT2D eigenvalue weighted by atomic mass is 10.0. The Balaban J connectivity index is 1.36. The standard InChI is InChI=1S/C34H29ClN2O3/c35-30-20-34-33(38-23-39-34)18-26(30)21-37-22-29(24-10-4-1-5-11-24)28-19-27(15-16-31(28)37)40-32(14-8-3-9-17-36)25-12-6-2-7-13-25/h1-2,4-7,10-13,15-16,18-20,22,32H,3,8-9,14,21,23H2. The molecule has 2 heterocycles. The Bertz CT molecular complexity index is 1660. The molecule has 4 aromatic carbocycles. The summed E-state index contributed by atoms with van der Waals surface area (Å²) in [7, 11) is 0. The Labute approximate surface area is 239 Å². The van der Waals surface area contributed by atoms with Gasteiger partial charge < -0.3 is 18.8 Å². The highest BCUT2D eigenvalue weighted by Crippen LogP contribution is 2.39. The molecular formula is C34H29ClN2O3. The summed E-state index contributed by atoms with van der Waals surface area (Å²) in [4.78, 5) is 0. The molecule has 5 nitrogen and oxygen atoms in total. The van der Waals surface area contributed by atoms with Crippen LogP contribution in [0.25, 0.3) is 22.0 Å². The van der Waals surface area contributed by atoms with Gasteiger partial charge in [-0.1, -0.05) is 72.3 Å². The van der Waals surface area contributed by atoms with E-state index in [1.54, 1.807) is 0 Å². The summed E-state index contributed by atoms with van der Waals surface area (Å²) >= 11 is 6.65. The molecule has 200 valence electrons. The second-order valence-electron chi connectivity index (χ2n) is 9.93. The second kappa shape index (κ2) is 11.8. The van der Waals surface area contributed by atoms with Gasteiger partial charge in [-0.25, -0.2) is 0 Å². The fraction of sp³-hybridized carbons (Fsp3) is 0.206. The smallest absolute Gasteiger partial charge is 0.231 e. The van der Waals surface area contributed by atoms with Gasteiger partial charge >= 0.3 is 0 Å². The molecule has 1 atom stereocenters. The Kier molecular flexibility index (Phi) is 7.61. The Morgan fingerprint density at radius 1 is 0.900 bits per heavy atom. The second-order valence-corrected chi connectivity index (χ2v) is 10.3. The molecule has 0 radical (unpaired) electrons. The topological polar surface area (TPSA) is 56.4 Å². The largest absolute Gasteiger partial charge is 0.486 e. The van der Waals surface area contributed by atoms with Crippen molar-refractivity contribution in [2.24, 2.45) is 0 Å². The Hall–Kier alpha value is -4.40. The lowest BCUT2D eigenvalue weighted by Gasteiger charge is -2.20. The van der Waals surface area contributed by atoms with Crippen LogP contribution >= 0.6 is 11.6 Å². The zero-order valence-electron chi connectivity index (χ0n) is 22.1. The monoisotopic (exact) mass is 548 g/mol. The summed E-state index contributed by atoms with van der Waals surface area (Å²) in [5.74, 6) is 2.22. The van der Waals surface area contributed by atoms with Gasteiger partial charge in [-0.15, -0.1) is 0 Å². The van der Waals surface area contributed by atoms with E-state index in [2.05, 4.69) is 65.4 Å². The van der Waals surface area contributed by atoms with Crippen molar-refractivity contribution in [3.05, 3.63) is 113 Å². The molecule has 6 rings (SSSR count). The summed E-state index contributed by atoms with van der Waals surface area (Å²) in [6.07, 6.45) is 5.30. The predicted molar refractivity (Wildman–Crippen MR) is 158 cm³/mol. The summed E-state index contributed by atoms with van der Waals surface area (Å²) in [5.41, 5.74) is 5.45. The predicted octanol–water partition coefficient (Wildman–Crippen LogP) is 8.94. The van der Waals surface area contributed by atoms with E-state index in [1.165, 1.54) is 0 Å². The third-order valence-corrected chi connectivity index (χ3v) is 7.63. The number of benzene rings is 4. The fourth-order valence-electron chi connectivity index (χ4n) is 5.25. The van der Waals surface area contributed by atoms with E-state index in [0.29, 0.717) is 23.7 Å². The van der Waals surface area contributed by atoms with Crippen LogP contribution < -0.4 is 14.2 Å². The number of halogens is 1. The van der Waals surface area contributed by atoms with Crippen LogP contribution in [0.4, 0.5) is 0 Å². The van der Waals surface area contributed by atoms with Crippen LogP contribution in [0.15, 0.2) is 97.2 Å². The van der Waals surface area contributed by atoms with Crippen molar-refractivity contribution >= 4 is 22.5 Å². The van der Waals surface area contributed by atoms with Gasteiger partial charge in [-0.05, 0) is 60.2 Å². The van der Waals surface area contributed by atoms with Gasteiger partial charge in [0.15, 0.2) is 11.5 Å². The number of nitriles is 1. The minimum atomic E-state index is -0.0907. The minimum absolute atomic E-state index is 0.0907. The number of fused-ring (bicyclic) bond motifs is 2. The lowest BCUT2D eigenvalue weighted by Crippen LogP contribution is -2.08. The minimum Gasteiger partial charge on any atom is -0.486 e. The van der Waals surface area contributed by atoms with E-state index in [4.69, 9.17) is 31.1 Å². The first-order valence-corrected chi connectivity index (χ1v) is 13.9. The lowest BCUT2D eigenvalue weighted by molar-refractivity contribution is 0.174. The molecule has 0 fully saturated rings. The van der Waals surface area contributed by atoms with Crippen LogP contribution in [0.1, 0.15) is 42.9 Å². The number of nitrogens with zero attached hydrogens (tertiary/aromatic N) is 2. The molecule has 0 saturated carbocycles. The van der Waals surface area contributed by atoms with Crippen LogP contribution in [0.3, 0.4) is 0 Å². The molecule has 1 aromatic heterocycles. The maximum Gasteiger partial charge on any atom is 0.231 e. The van der Waals surface area contributed by atoms with Crippen LogP contribution in [-0.4, -0.2) is 11.4 Å². The highest BCUT2D eigenvalue weighted by molar-refractivity contribution is 6.31. The zero-order valence-corrected chi connectivity index (χ0v) is 22.8. The number of unbranched alkanes of at least 4 members (excludes halogenated alkanes) is 2. The maximum absolute atomic E-state index is 8.95. The van der Waals surface area contributed by atoms with Crippen molar-refractivity contribution in [3.63, 3.8) is 0 Å². The van der Waals surface area contributed by atoms with Crippen molar-refractivity contribution in [2.75, 3.05) is 6.79 Å². The van der Waals surface area contributed by atoms with Crippen molar-refractivity contribution in [2.45, 2.75) is 38.3 Å². The van der Waals surface area contributed by atoms with Crippen molar-refractivity contribution < 1.29 is 14.2 Å². The summed E-state index contributed by atoms with van der Waals surface area (Å²) in [5, 5.41) is 10.7. The molecule has 6 heteroatoms. The SMILES string of the molecule is N#CCCCCC(Oc1ccc2c(c1)c(-c1ccccc1)cn2Cc1cc2c(cc1Cl)OCO2)c1ccccc1. The zero-order chi connectivity index (χ0) is 27.3. The average Bonchev–Trinajstić information content (AvgIpc) is 3.59. The molecule has 5 aromatic rings. The highest BCUT2D eigenvalue weighted by atomic mass is 35.5. The first-order chi connectivity index (χ1) is 19.7. The molecule has 1 unspecified atom stereocenters. The third-order valence-electron chi connectivity index (χ3n) is 7.27. The quantitative estimate of drug-likeness (QED) is 0.163. The highest BCUT2D eigenvalue weighted by Gasteiger charge is 2.19. The van der Waals surface area contributed by atoms with E-state index in [-0.39, 0.29) is 12.9 Å². The summed E-state index contributed by atoms with van der Waals surface area (Å²) < 4.78 is 19.9. The van der Waals surface area contributed by atoms with E-state index in [1.807, 2.05) is 42.5 Å². The maximum atomic E-state index is 8.95. The molecule has 1 aliphatic heterocycles. The van der Waals surface area contributed by atoms with Crippen LogP contribution in [0, 0.1) is 11.3 Å². The van der Waals surface area contributed by atoms with Crippen LogP contribution in [0.2, 0.25) is 5.02 Å². The van der Waals surface area contributed by atoms with E-state index >= 15 is 0 Å². The van der Waals surface area contributed by atoms with Gasteiger partial charge in [-0.2, -0.15) is 5.26 Å². The van der Waals surface area contributed by atoms with Gasteiger partial charge in [0.25, 0.3) is 0 Å². The van der Waals surface area contributed by atoms with Gasteiger partial charge in [0.05, 0.1) is 6.07 Å². The molecule has 0 spiro atoms. The van der Waals surface area contributed by atoms with E-state index in [0.717, 1.165) is 63.9 Å². The molecule has 0 aliphatic carbocycles. The van der Waals surface area contributed by atoms with Gasteiger partial charge in [0, 0.05) is 46.7 Å². The molecular weight excluding hydrogens is 520 g/mol. The average molecular weight is 549 g/mol. The molecule has 0 N–H and O–H groups in total. The van der Waals surface area contributed by atoms with Gasteiger partial charge in [0.1, 0.15) is 11.9 Å². The molecule has 0 bridgehead atoms. The van der Waals surface area contributed by atoms with Gasteiger partial charge in [-0.3, -0.25) is 0 Å². The first-order valence-electron chi connectivity index (χ1n) is 13.5. The van der Waals surface area contributed by atoms with Crippen LogP contribution in [-0.2, 0) is 6.54 Å². The van der Waals surface area contributed by atoms with Crippen molar-refractivity contribution in [1.82, 2.24) is 4.57 Å². The number of rotatable bonds is 10. The van der Waals surface area contributed by atoms with Gasteiger partial charge in [0.2, 0.25) is 6.79 Å². The van der Waals surface area contributed by atoms with E-state index in [9.17, 15) is 0 Å². The molecule has 1 aliphatic rings.